The third kappa shape index (κ3) is 4.84. The van der Waals surface area contributed by atoms with Crippen molar-refractivity contribution in [1.82, 2.24) is 3.99 Å². The van der Waals surface area contributed by atoms with Gasteiger partial charge in [0.25, 0.3) is 0 Å². The summed E-state index contributed by atoms with van der Waals surface area (Å²) in [5, 5.41) is 25.8. The van der Waals surface area contributed by atoms with Crippen LogP contribution in [0.2, 0.25) is 0 Å². The van der Waals surface area contributed by atoms with E-state index < -0.39 is 54.5 Å². The summed E-state index contributed by atoms with van der Waals surface area (Å²) in [7, 11) is 0. The number of carbonyl (C=O) groups is 3. The van der Waals surface area contributed by atoms with Crippen LogP contribution in [0, 0.1) is 5.92 Å². The van der Waals surface area contributed by atoms with E-state index in [0.717, 1.165) is 0 Å². The van der Waals surface area contributed by atoms with Crippen LogP contribution in [0.4, 0.5) is 0 Å². The van der Waals surface area contributed by atoms with E-state index in [0.29, 0.717) is 0 Å². The fourth-order valence-corrected chi connectivity index (χ4v) is 2.08. The standard InChI is InChI=1S/C6H8NO6.Ir.H2N/c7-4(6(12)13)2(5(10)11)1-3(8)9;;/h2,4,7H,1H2,(H,8,9)(H,10,11)(H,12,13);;1H2/q-1;+2;-1. The molecule has 0 aromatic carbocycles. The number of nitrogens with two attached hydrogens (primary N) is 1. The Balaban J connectivity index is 4.74. The average Bonchev–Trinajstić information content (AvgIpc) is 2.09. The fourth-order valence-electron chi connectivity index (χ4n) is 0.876. The molecule has 15 heavy (non-hydrogen) atoms. The van der Waals surface area contributed by atoms with Gasteiger partial charge >= 0.3 is 92.6 Å². The van der Waals surface area contributed by atoms with Gasteiger partial charge in [0.2, 0.25) is 0 Å². The van der Waals surface area contributed by atoms with Crippen LogP contribution < -0.4 is 8.39 Å². The van der Waals surface area contributed by atoms with Crippen molar-refractivity contribution in [3.8, 4) is 0 Å². The van der Waals surface area contributed by atoms with Crippen molar-refractivity contribution in [1.29, 1.82) is 0 Å². The SMILES string of the molecule is [NH2][Ir][NH]C(C(=O)O)C(CC(=O)O)C(=O)O. The molecule has 0 amide bonds. The Bertz CT molecular complexity index is 270. The van der Waals surface area contributed by atoms with Crippen LogP contribution in [0.1, 0.15) is 6.42 Å². The van der Waals surface area contributed by atoms with Crippen molar-refractivity contribution in [2.75, 3.05) is 0 Å². The second-order valence-corrected chi connectivity index (χ2v) is 3.93. The zero-order valence-corrected chi connectivity index (χ0v) is 9.73. The molecule has 9 heteroatoms. The van der Waals surface area contributed by atoms with E-state index in [1.165, 1.54) is 0 Å². The van der Waals surface area contributed by atoms with Gasteiger partial charge in [-0.05, 0) is 0 Å². The Morgan fingerprint density at radius 2 is 1.73 bits per heavy atom. The number of carboxylic acid groups (broad SMARTS) is 3. The molecule has 0 aliphatic rings. The van der Waals surface area contributed by atoms with E-state index in [1.54, 1.807) is 0 Å². The van der Waals surface area contributed by atoms with Crippen LogP contribution in [0.3, 0.4) is 0 Å². The maximum atomic E-state index is 10.7. The maximum absolute atomic E-state index is 10.7. The molecule has 0 aliphatic heterocycles. The molecule has 8 nitrogen and oxygen atoms in total. The number of carboxylic acids is 3. The molecule has 0 saturated heterocycles. The van der Waals surface area contributed by atoms with E-state index >= 15 is 0 Å². The van der Waals surface area contributed by atoms with Crippen LogP contribution in [0.15, 0.2) is 0 Å². The van der Waals surface area contributed by atoms with Gasteiger partial charge in [0.15, 0.2) is 0 Å². The molecule has 0 heterocycles. The molecule has 89 valence electrons. The van der Waals surface area contributed by atoms with Gasteiger partial charge in [-0.2, -0.15) is 0 Å². The molecule has 0 aliphatic carbocycles. The molecular weight excluding hydrogens is 388 g/mol. The Morgan fingerprint density at radius 1 is 1.20 bits per heavy atom. The molecule has 0 spiro atoms. The summed E-state index contributed by atoms with van der Waals surface area (Å²) >= 11 is -1.26. The monoisotopic (exact) mass is 399 g/mol. The second-order valence-electron chi connectivity index (χ2n) is 2.55. The Kier molecular flexibility index (Phi) is 6.02. The average molecular weight is 398 g/mol. The topological polar surface area (TPSA) is 150 Å². The quantitative estimate of drug-likeness (QED) is 0.333. The molecule has 0 bridgehead atoms. The zero-order valence-electron chi connectivity index (χ0n) is 7.34. The number of hydrogen-bond donors (Lipinski definition) is 5. The molecule has 6 N–H and O–H groups in total. The predicted molar refractivity (Wildman–Crippen MR) is 42.1 cm³/mol. The van der Waals surface area contributed by atoms with Crippen LogP contribution >= 0.6 is 0 Å². The fraction of sp³-hybridized carbons (Fsp3) is 0.500. The molecule has 0 aromatic rings. The van der Waals surface area contributed by atoms with E-state index in [2.05, 4.69) is 3.99 Å². The van der Waals surface area contributed by atoms with Crippen LogP contribution in [-0.2, 0) is 32.6 Å². The van der Waals surface area contributed by atoms with Crippen molar-refractivity contribution in [2.45, 2.75) is 12.5 Å². The minimum absolute atomic E-state index is 0.758. The normalized spacial score (nSPS) is 14.5. The van der Waals surface area contributed by atoms with Crippen LogP contribution in [0.5, 0.6) is 0 Å². The van der Waals surface area contributed by atoms with Gasteiger partial charge in [-0.3, -0.25) is 0 Å². The predicted octanol–water partition coefficient (Wildman–Crippen LogP) is -1.92. The van der Waals surface area contributed by atoms with Gasteiger partial charge < -0.3 is 0 Å². The summed E-state index contributed by atoms with van der Waals surface area (Å²) in [5.74, 6) is -5.78. The van der Waals surface area contributed by atoms with Crippen molar-refractivity contribution in [3.05, 3.63) is 0 Å². The van der Waals surface area contributed by atoms with E-state index in [1.807, 2.05) is 0 Å². The number of hydrogen-bond acceptors (Lipinski definition) is 5. The summed E-state index contributed by atoms with van der Waals surface area (Å²) in [6.07, 6.45) is -0.758. The Hall–Kier alpha value is -1.02. The van der Waals surface area contributed by atoms with Crippen molar-refractivity contribution in [3.63, 3.8) is 0 Å². The number of rotatable bonds is 7. The van der Waals surface area contributed by atoms with Crippen LogP contribution in [0.25, 0.3) is 0 Å². The molecule has 0 rings (SSSR count). The van der Waals surface area contributed by atoms with E-state index in [9.17, 15) is 14.4 Å². The van der Waals surface area contributed by atoms with Gasteiger partial charge in [-0.1, -0.05) is 0 Å². The van der Waals surface area contributed by atoms with E-state index in [4.69, 9.17) is 19.7 Å². The first-order chi connectivity index (χ1) is 6.90. The summed E-state index contributed by atoms with van der Waals surface area (Å²) < 4.78 is 7.47. The summed E-state index contributed by atoms with van der Waals surface area (Å²) in [5.41, 5.74) is 0. The first kappa shape index (κ1) is 14.0. The Morgan fingerprint density at radius 3 is 2.00 bits per heavy atom. The summed E-state index contributed by atoms with van der Waals surface area (Å²) in [6, 6.07) is -1.46. The molecular formula is C6H10IrN2O6. The van der Waals surface area contributed by atoms with Gasteiger partial charge in [0.05, 0.1) is 0 Å². The number of nitrogens with one attached hydrogen (secondary N) is 1. The third-order valence-electron chi connectivity index (χ3n) is 1.54. The van der Waals surface area contributed by atoms with Crippen molar-refractivity contribution in [2.24, 2.45) is 10.3 Å². The van der Waals surface area contributed by atoms with Gasteiger partial charge in [0.1, 0.15) is 0 Å². The number of aliphatic carboxylic acids is 3. The molecule has 0 radical (unpaired) electrons. The second kappa shape index (κ2) is 6.46. The molecule has 2 atom stereocenters. The molecule has 0 aromatic heterocycles. The van der Waals surface area contributed by atoms with Gasteiger partial charge in [0, 0.05) is 0 Å². The minimum atomic E-state index is -1.52. The third-order valence-corrected chi connectivity index (χ3v) is 2.68. The first-order valence-corrected chi connectivity index (χ1v) is 6.18. The first-order valence-electron chi connectivity index (χ1n) is 3.60. The van der Waals surface area contributed by atoms with Crippen molar-refractivity contribution < 1.29 is 47.9 Å². The van der Waals surface area contributed by atoms with Gasteiger partial charge in [-0.15, -0.1) is 0 Å². The van der Waals surface area contributed by atoms with Crippen LogP contribution in [-0.4, -0.2) is 39.3 Å². The van der Waals surface area contributed by atoms with Crippen molar-refractivity contribution >= 4 is 17.9 Å². The molecule has 0 fully saturated rings. The van der Waals surface area contributed by atoms with E-state index in [-0.39, 0.29) is 0 Å². The van der Waals surface area contributed by atoms with Gasteiger partial charge in [-0.25, -0.2) is 0 Å². The zero-order chi connectivity index (χ0) is 12.0. The Labute approximate surface area is 93.0 Å². The summed E-state index contributed by atoms with van der Waals surface area (Å²) in [4.78, 5) is 31.7. The molecule has 0 saturated carbocycles. The molecule has 2 unspecified atom stereocenters. The summed E-state index contributed by atoms with van der Waals surface area (Å²) in [6.45, 7) is 0.